The van der Waals surface area contributed by atoms with Crippen LogP contribution in [0.15, 0.2) is 78.3 Å². The van der Waals surface area contributed by atoms with Crippen LogP contribution < -0.4 is 11.1 Å². The maximum atomic E-state index is 12.2. The molecular weight excluding hydrogens is 488 g/mol. The molecular formula is C31H32N6O2. The highest BCUT2D eigenvalue weighted by Crippen LogP contribution is 2.33. The van der Waals surface area contributed by atoms with E-state index in [1.54, 1.807) is 39.4 Å². The van der Waals surface area contributed by atoms with Gasteiger partial charge in [0.1, 0.15) is 5.60 Å². The first-order chi connectivity index (χ1) is 18.4. The summed E-state index contributed by atoms with van der Waals surface area (Å²) in [5.41, 5.74) is 10.8. The third-order valence-corrected chi connectivity index (χ3v) is 6.27. The van der Waals surface area contributed by atoms with E-state index in [0.717, 1.165) is 22.1 Å². The number of allylic oxidation sites excluding steroid dienone is 6. The molecule has 0 spiro atoms. The third-order valence-electron chi connectivity index (χ3n) is 6.27. The van der Waals surface area contributed by atoms with Crippen molar-refractivity contribution in [3.05, 3.63) is 83.9 Å². The van der Waals surface area contributed by atoms with Crippen LogP contribution in [0.25, 0.3) is 22.0 Å². The minimum absolute atomic E-state index is 0.274. The van der Waals surface area contributed by atoms with Gasteiger partial charge in [-0.05, 0) is 75.9 Å². The van der Waals surface area contributed by atoms with Crippen LogP contribution in [-0.4, -0.2) is 27.4 Å². The number of nitrogens with one attached hydrogen (secondary N) is 2. The summed E-state index contributed by atoms with van der Waals surface area (Å²) in [6.45, 7) is 9.16. The number of benzene rings is 1. The van der Waals surface area contributed by atoms with Gasteiger partial charge in [0.2, 0.25) is 0 Å². The lowest BCUT2D eigenvalue weighted by atomic mass is 9.85. The van der Waals surface area contributed by atoms with Crippen LogP contribution in [0, 0.1) is 22.2 Å². The van der Waals surface area contributed by atoms with Crippen LogP contribution in [0.5, 0.6) is 0 Å². The molecule has 1 aliphatic rings. The monoisotopic (exact) mass is 520 g/mol. The van der Waals surface area contributed by atoms with Crippen molar-refractivity contribution in [3.63, 3.8) is 0 Å². The minimum Gasteiger partial charge on any atom is -0.444 e. The molecule has 1 aliphatic carbocycles. The minimum atomic E-state index is -0.625. The molecule has 4 N–H and O–H groups in total. The fraction of sp³-hybridized carbons (Fsp3) is 0.258. The number of amides is 1. The number of nitrogen functional groups attached to an aromatic ring is 1. The van der Waals surface area contributed by atoms with Gasteiger partial charge in [-0.2, -0.15) is 5.26 Å². The van der Waals surface area contributed by atoms with E-state index in [0.29, 0.717) is 34.4 Å². The smallest absolute Gasteiger partial charge is 0.412 e. The summed E-state index contributed by atoms with van der Waals surface area (Å²) in [5.74, 6) is 0. The number of nitriles is 1. The summed E-state index contributed by atoms with van der Waals surface area (Å²) in [6.07, 6.45) is 12.6. The topological polar surface area (TPSA) is 138 Å². The highest BCUT2D eigenvalue weighted by Gasteiger charge is 2.22. The predicted molar refractivity (Wildman–Crippen MR) is 155 cm³/mol. The second-order valence-corrected chi connectivity index (χ2v) is 10.9. The molecule has 0 aliphatic heterocycles. The van der Waals surface area contributed by atoms with Gasteiger partial charge in [-0.25, -0.2) is 4.79 Å². The fourth-order valence-electron chi connectivity index (χ4n) is 4.24. The molecule has 8 heteroatoms. The molecule has 4 rings (SSSR count). The first-order valence-electron chi connectivity index (χ1n) is 12.6. The van der Waals surface area contributed by atoms with Crippen LogP contribution in [0.3, 0.4) is 0 Å². The molecule has 0 saturated heterocycles. The Labute approximate surface area is 228 Å². The average Bonchev–Trinajstić information content (AvgIpc) is 3.14. The van der Waals surface area contributed by atoms with Crippen molar-refractivity contribution >= 4 is 34.1 Å². The molecule has 2 aromatic heterocycles. The molecule has 0 unspecified atom stereocenters. The molecule has 198 valence electrons. The maximum absolute atomic E-state index is 12.2. The van der Waals surface area contributed by atoms with E-state index >= 15 is 0 Å². The van der Waals surface area contributed by atoms with Gasteiger partial charge in [0.15, 0.2) is 0 Å². The molecule has 3 aromatic rings. The number of rotatable bonds is 5. The van der Waals surface area contributed by atoms with Gasteiger partial charge >= 0.3 is 6.09 Å². The Morgan fingerprint density at radius 1 is 1.08 bits per heavy atom. The van der Waals surface area contributed by atoms with Crippen LogP contribution in [0.4, 0.5) is 16.2 Å². The molecule has 0 saturated carbocycles. The summed E-state index contributed by atoms with van der Waals surface area (Å²) >= 11 is 0. The van der Waals surface area contributed by atoms with Gasteiger partial charge in [-0.1, -0.05) is 30.4 Å². The maximum Gasteiger partial charge on any atom is 0.412 e. The number of fused-ring (bicyclic) bond motifs is 1. The zero-order valence-electron chi connectivity index (χ0n) is 22.8. The lowest BCUT2D eigenvalue weighted by Crippen LogP contribution is -2.27. The number of hydrogen-bond donors (Lipinski definition) is 3. The highest BCUT2D eigenvalue weighted by molar-refractivity contribution is 6.21. The third kappa shape index (κ3) is 6.21. The van der Waals surface area contributed by atoms with E-state index in [9.17, 15) is 10.1 Å². The molecule has 0 radical (unpaired) electrons. The summed E-state index contributed by atoms with van der Waals surface area (Å²) in [5, 5.41) is 22.1. The molecule has 0 atom stereocenters. The van der Waals surface area contributed by atoms with Gasteiger partial charge < -0.3 is 10.5 Å². The first kappa shape index (κ1) is 27.3. The first-order valence-corrected chi connectivity index (χ1v) is 12.6. The van der Waals surface area contributed by atoms with Gasteiger partial charge in [-0.3, -0.25) is 20.7 Å². The lowest BCUT2D eigenvalue weighted by Gasteiger charge is -2.19. The SMILES string of the molecule is CC(C)(C)OC(=O)Nc1cncc(-c2ccc3ncc(N)c(C(=N)C4=CCC=C(C(C)(C)C#N)C=C4)c3c2)c1. The number of hydrogen-bond acceptors (Lipinski definition) is 7. The Kier molecular flexibility index (Phi) is 7.37. The number of carbonyl (C=O) groups excluding carboxylic acids is 1. The molecule has 0 bridgehead atoms. The normalized spacial score (nSPS) is 13.6. The molecule has 0 fully saturated rings. The quantitative estimate of drug-likeness (QED) is 0.311. The second kappa shape index (κ2) is 10.5. The van der Waals surface area contributed by atoms with Crippen molar-refractivity contribution in [2.45, 2.75) is 46.6 Å². The standard InChI is InChI=1S/C31H32N6O2/c1-30(2,3)39-29(38)37-23-13-21(15-35-16-23)20-10-12-26-24(14-20)27(25(33)17-36-26)28(34)19-7-6-8-22(11-9-19)31(4,5)18-32/h7-17,34H,6,33H2,1-5H3,(H,37,38). The van der Waals surface area contributed by atoms with Gasteiger partial charge in [0, 0.05) is 22.7 Å². The van der Waals surface area contributed by atoms with Crippen LogP contribution >= 0.6 is 0 Å². The van der Waals surface area contributed by atoms with Gasteiger partial charge in [0.05, 0.1) is 46.5 Å². The van der Waals surface area contributed by atoms with Crippen molar-refractivity contribution in [3.8, 4) is 17.2 Å². The van der Waals surface area contributed by atoms with E-state index in [1.807, 2.05) is 62.4 Å². The van der Waals surface area contributed by atoms with Crippen LogP contribution in [0.2, 0.25) is 0 Å². The number of nitrogens with two attached hydrogens (primary N) is 1. The molecule has 1 aromatic carbocycles. The van der Waals surface area contributed by atoms with Crippen molar-refractivity contribution in [2.75, 3.05) is 11.1 Å². The van der Waals surface area contributed by atoms with Crippen LogP contribution in [-0.2, 0) is 4.74 Å². The fourth-order valence-corrected chi connectivity index (χ4v) is 4.24. The largest absolute Gasteiger partial charge is 0.444 e. The van der Waals surface area contributed by atoms with E-state index in [-0.39, 0.29) is 5.71 Å². The molecule has 1 amide bonds. The number of nitrogens with zero attached hydrogens (tertiary/aromatic N) is 3. The van der Waals surface area contributed by atoms with Crippen molar-refractivity contribution in [1.82, 2.24) is 9.97 Å². The van der Waals surface area contributed by atoms with Gasteiger partial charge in [-0.15, -0.1) is 0 Å². The average molecular weight is 521 g/mol. The summed E-state index contributed by atoms with van der Waals surface area (Å²) < 4.78 is 5.34. The molecule has 39 heavy (non-hydrogen) atoms. The highest BCUT2D eigenvalue weighted by atomic mass is 16.6. The Balaban J connectivity index is 1.69. The Bertz CT molecular complexity index is 1600. The van der Waals surface area contributed by atoms with Gasteiger partial charge in [0.25, 0.3) is 0 Å². The molecule has 8 nitrogen and oxygen atoms in total. The van der Waals surface area contributed by atoms with Crippen LogP contribution in [0.1, 0.15) is 46.6 Å². The van der Waals surface area contributed by atoms with Crippen molar-refractivity contribution < 1.29 is 9.53 Å². The zero-order valence-corrected chi connectivity index (χ0v) is 22.8. The number of pyridine rings is 2. The number of carbonyl (C=O) groups is 1. The van der Waals surface area contributed by atoms with Crippen molar-refractivity contribution in [1.29, 1.82) is 10.7 Å². The molecule has 2 heterocycles. The Morgan fingerprint density at radius 3 is 2.56 bits per heavy atom. The Morgan fingerprint density at radius 2 is 1.85 bits per heavy atom. The number of anilines is 2. The van der Waals surface area contributed by atoms with E-state index in [1.165, 1.54) is 0 Å². The van der Waals surface area contributed by atoms with E-state index in [4.69, 9.17) is 15.9 Å². The summed E-state index contributed by atoms with van der Waals surface area (Å²) in [4.78, 5) is 21.0. The van der Waals surface area contributed by atoms with E-state index in [2.05, 4.69) is 21.4 Å². The number of aromatic nitrogens is 2. The summed E-state index contributed by atoms with van der Waals surface area (Å²) in [6, 6.07) is 9.86. The van der Waals surface area contributed by atoms with E-state index < -0.39 is 17.1 Å². The summed E-state index contributed by atoms with van der Waals surface area (Å²) in [7, 11) is 0. The lowest BCUT2D eigenvalue weighted by molar-refractivity contribution is 0.0636. The predicted octanol–water partition coefficient (Wildman–Crippen LogP) is 6.96. The Hall–Kier alpha value is -4.77. The number of ether oxygens (including phenoxy) is 1. The zero-order chi connectivity index (χ0) is 28.4. The van der Waals surface area contributed by atoms with Crippen molar-refractivity contribution in [2.24, 2.45) is 5.41 Å². The second-order valence-electron chi connectivity index (χ2n) is 10.9.